The van der Waals surface area contributed by atoms with Crippen LogP contribution in [0.15, 0.2) is 47.7 Å². The second-order valence-corrected chi connectivity index (χ2v) is 6.86. The van der Waals surface area contributed by atoms with Crippen LogP contribution in [0.25, 0.3) is 0 Å². The van der Waals surface area contributed by atoms with Crippen LogP contribution in [-0.4, -0.2) is 32.9 Å². The van der Waals surface area contributed by atoms with Crippen molar-refractivity contribution in [2.24, 2.45) is 4.99 Å². The zero-order valence-electron chi connectivity index (χ0n) is 14.1. The quantitative estimate of drug-likeness (QED) is 0.467. The number of isothiocyanates is 1. The number of benzene rings is 1. The van der Waals surface area contributed by atoms with Gasteiger partial charge in [0.05, 0.1) is 28.2 Å². The monoisotopic (exact) mass is 363 g/mol. The van der Waals surface area contributed by atoms with Gasteiger partial charge in [0.15, 0.2) is 0 Å². The number of rotatable bonds is 3. The highest BCUT2D eigenvalue weighted by Crippen LogP contribution is 2.40. The summed E-state index contributed by atoms with van der Waals surface area (Å²) in [6, 6.07) is 8.89. The number of aromatic nitrogens is 1. The fraction of sp³-hybridized carbons (Fsp3) is 0.300. The van der Waals surface area contributed by atoms with E-state index in [9.17, 15) is 9.59 Å². The maximum absolute atomic E-state index is 12.8. The summed E-state index contributed by atoms with van der Waals surface area (Å²) in [6.07, 6.45) is 6.92. The van der Waals surface area contributed by atoms with Crippen molar-refractivity contribution in [2.45, 2.75) is 37.6 Å². The van der Waals surface area contributed by atoms with E-state index in [2.05, 4.69) is 15.1 Å². The highest BCUT2D eigenvalue weighted by atomic mass is 32.1. The number of imide groups is 1. The van der Waals surface area contributed by atoms with Gasteiger partial charge in [0.1, 0.15) is 0 Å². The van der Waals surface area contributed by atoms with Crippen molar-refractivity contribution < 1.29 is 9.59 Å². The molecule has 2 amide bonds. The molecule has 2 aliphatic rings. The van der Waals surface area contributed by atoms with E-state index in [0.29, 0.717) is 11.1 Å². The number of fused-ring (bicyclic) bond motifs is 1. The minimum absolute atomic E-state index is 0.0985. The molecule has 6 heteroatoms. The molecule has 0 unspecified atom stereocenters. The first kappa shape index (κ1) is 16.8. The minimum Gasteiger partial charge on any atom is -0.271 e. The van der Waals surface area contributed by atoms with E-state index in [4.69, 9.17) is 12.2 Å². The highest BCUT2D eigenvalue weighted by Gasteiger charge is 2.41. The summed E-state index contributed by atoms with van der Waals surface area (Å²) in [4.78, 5) is 35.2. The van der Waals surface area contributed by atoms with E-state index in [1.165, 1.54) is 4.90 Å². The molecular weight excluding hydrogens is 346 g/mol. The van der Waals surface area contributed by atoms with Crippen LogP contribution in [0.2, 0.25) is 0 Å². The average Bonchev–Trinajstić information content (AvgIpc) is 2.94. The largest absolute Gasteiger partial charge is 0.271 e. The number of pyridine rings is 1. The maximum Gasteiger partial charge on any atom is 0.261 e. The number of aliphatic imine (C=N–C) groups is 1. The number of carbonyl (C=O) groups is 2. The number of amides is 2. The summed E-state index contributed by atoms with van der Waals surface area (Å²) in [6.45, 7) is 0. The molecule has 2 aromatic rings. The van der Waals surface area contributed by atoms with Gasteiger partial charge in [-0.1, -0.05) is 18.6 Å². The molecule has 0 N–H and O–H groups in total. The van der Waals surface area contributed by atoms with Crippen molar-refractivity contribution in [3.8, 4) is 0 Å². The Bertz CT molecular complexity index is 901. The lowest BCUT2D eigenvalue weighted by atomic mass is 9.80. The van der Waals surface area contributed by atoms with Crippen LogP contribution in [0.1, 0.15) is 57.9 Å². The second-order valence-electron chi connectivity index (χ2n) is 6.68. The van der Waals surface area contributed by atoms with Crippen LogP contribution in [-0.2, 0) is 0 Å². The molecule has 4 rings (SSSR count). The summed E-state index contributed by atoms with van der Waals surface area (Å²) in [7, 11) is 0. The average molecular weight is 363 g/mol. The molecule has 1 fully saturated rings. The Morgan fingerprint density at radius 3 is 2.54 bits per heavy atom. The van der Waals surface area contributed by atoms with E-state index < -0.39 is 0 Å². The second kappa shape index (κ2) is 6.90. The SMILES string of the molecule is O=C1c2ccccc2C(=O)N1[C@@H]1CCC[C@H](c2ccncc2N=C=S)C1. The lowest BCUT2D eigenvalue weighted by Crippen LogP contribution is -2.42. The van der Waals surface area contributed by atoms with Gasteiger partial charge in [-0.2, -0.15) is 4.99 Å². The molecule has 1 aliphatic carbocycles. The molecular formula is C20H17N3O2S. The molecule has 1 aromatic carbocycles. The van der Waals surface area contributed by atoms with E-state index in [-0.39, 0.29) is 23.8 Å². The molecule has 26 heavy (non-hydrogen) atoms. The van der Waals surface area contributed by atoms with Gasteiger partial charge >= 0.3 is 0 Å². The summed E-state index contributed by atoms with van der Waals surface area (Å²) < 4.78 is 0. The molecule has 1 aliphatic heterocycles. The van der Waals surface area contributed by atoms with E-state index in [1.54, 1.807) is 36.7 Å². The van der Waals surface area contributed by atoms with Gasteiger partial charge in [-0.3, -0.25) is 19.5 Å². The van der Waals surface area contributed by atoms with Gasteiger partial charge in [0.25, 0.3) is 11.8 Å². The lowest BCUT2D eigenvalue weighted by molar-refractivity contribution is 0.0540. The van der Waals surface area contributed by atoms with Gasteiger partial charge in [0, 0.05) is 12.2 Å². The Labute approximate surface area is 156 Å². The zero-order valence-corrected chi connectivity index (χ0v) is 14.9. The highest BCUT2D eigenvalue weighted by molar-refractivity contribution is 7.78. The van der Waals surface area contributed by atoms with Crippen LogP contribution in [0.4, 0.5) is 5.69 Å². The lowest BCUT2D eigenvalue weighted by Gasteiger charge is -2.34. The number of carbonyl (C=O) groups excluding carboxylic acids is 2. The first-order valence-electron chi connectivity index (χ1n) is 8.69. The Kier molecular flexibility index (Phi) is 4.45. The van der Waals surface area contributed by atoms with Crippen molar-refractivity contribution in [2.75, 3.05) is 0 Å². The molecule has 0 bridgehead atoms. The summed E-state index contributed by atoms with van der Waals surface area (Å²) in [5.74, 6) is -0.144. The Hall–Kier alpha value is -2.69. The van der Waals surface area contributed by atoms with Gasteiger partial charge in [0.2, 0.25) is 0 Å². The standard InChI is InChI=1S/C20H17N3O2S/c24-19-16-6-1-2-7-17(16)20(25)23(19)14-5-3-4-13(10-14)15-8-9-21-11-18(15)22-12-26/h1-2,6-9,11,13-14H,3-5,10H2/t13-,14+/m0/s1. The molecule has 2 heterocycles. The molecule has 0 spiro atoms. The fourth-order valence-electron chi connectivity index (χ4n) is 4.11. The van der Waals surface area contributed by atoms with Crippen molar-refractivity contribution in [3.05, 3.63) is 59.4 Å². The first-order chi connectivity index (χ1) is 12.7. The van der Waals surface area contributed by atoms with Gasteiger partial charge < -0.3 is 0 Å². The molecule has 0 saturated heterocycles. The molecule has 2 atom stereocenters. The molecule has 5 nitrogen and oxygen atoms in total. The minimum atomic E-state index is -0.178. The number of nitrogens with zero attached hydrogens (tertiary/aromatic N) is 3. The Balaban J connectivity index is 1.62. The van der Waals surface area contributed by atoms with Crippen LogP contribution < -0.4 is 0 Å². The third-order valence-corrected chi connectivity index (χ3v) is 5.37. The van der Waals surface area contributed by atoms with Gasteiger partial charge in [-0.25, -0.2) is 0 Å². The fourth-order valence-corrected chi connectivity index (χ4v) is 4.20. The Morgan fingerprint density at radius 1 is 1.12 bits per heavy atom. The predicted molar refractivity (Wildman–Crippen MR) is 101 cm³/mol. The molecule has 130 valence electrons. The van der Waals surface area contributed by atoms with Crippen LogP contribution in [0.5, 0.6) is 0 Å². The predicted octanol–water partition coefficient (Wildman–Crippen LogP) is 4.14. The summed E-state index contributed by atoms with van der Waals surface area (Å²) >= 11 is 4.73. The van der Waals surface area contributed by atoms with Crippen LogP contribution in [0.3, 0.4) is 0 Å². The van der Waals surface area contributed by atoms with Crippen LogP contribution in [0, 0.1) is 0 Å². The zero-order chi connectivity index (χ0) is 18.1. The van der Waals surface area contributed by atoms with E-state index >= 15 is 0 Å². The summed E-state index contributed by atoms with van der Waals surface area (Å²) in [5.41, 5.74) is 2.79. The molecule has 0 radical (unpaired) electrons. The van der Waals surface area contributed by atoms with Gasteiger partial charge in [-0.15, -0.1) is 0 Å². The van der Waals surface area contributed by atoms with E-state index in [0.717, 1.165) is 36.9 Å². The van der Waals surface area contributed by atoms with Crippen molar-refractivity contribution in [1.29, 1.82) is 0 Å². The number of hydrogen-bond acceptors (Lipinski definition) is 5. The van der Waals surface area contributed by atoms with Crippen molar-refractivity contribution >= 4 is 34.9 Å². The third-order valence-electron chi connectivity index (χ3n) is 5.28. The first-order valence-corrected chi connectivity index (χ1v) is 9.10. The normalized spacial score (nSPS) is 22.1. The van der Waals surface area contributed by atoms with E-state index in [1.807, 2.05) is 6.07 Å². The topological polar surface area (TPSA) is 62.6 Å². The molecule has 1 saturated carbocycles. The number of thiocarbonyl (C=S) groups is 1. The Morgan fingerprint density at radius 2 is 1.85 bits per heavy atom. The smallest absolute Gasteiger partial charge is 0.261 e. The van der Waals surface area contributed by atoms with Crippen LogP contribution >= 0.6 is 12.2 Å². The molecule has 1 aromatic heterocycles. The van der Waals surface area contributed by atoms with Crippen molar-refractivity contribution in [1.82, 2.24) is 9.88 Å². The van der Waals surface area contributed by atoms with Crippen molar-refractivity contribution in [3.63, 3.8) is 0 Å². The summed E-state index contributed by atoms with van der Waals surface area (Å²) in [5, 5.41) is 2.41. The van der Waals surface area contributed by atoms with Gasteiger partial charge in [-0.05, 0) is 61.2 Å². The third kappa shape index (κ3) is 2.77. The number of hydrogen-bond donors (Lipinski definition) is 0. The maximum atomic E-state index is 12.8.